The first-order chi connectivity index (χ1) is 11.4. The first kappa shape index (κ1) is 13.6. The van der Waals surface area contributed by atoms with Gasteiger partial charge in [0.15, 0.2) is 0 Å². The minimum absolute atomic E-state index is 0.776. The van der Waals surface area contributed by atoms with Gasteiger partial charge in [0.2, 0.25) is 0 Å². The highest BCUT2D eigenvalue weighted by molar-refractivity contribution is 5.95. The van der Waals surface area contributed by atoms with Gasteiger partial charge in [-0.25, -0.2) is 0 Å². The molecule has 0 saturated carbocycles. The van der Waals surface area contributed by atoms with Crippen LogP contribution in [0, 0.1) is 0 Å². The summed E-state index contributed by atoms with van der Waals surface area (Å²) in [6, 6.07) is 14.1. The fourth-order valence-corrected chi connectivity index (χ4v) is 2.78. The second-order valence-corrected chi connectivity index (χ2v) is 5.24. The molecule has 0 aliphatic heterocycles. The molecule has 0 atom stereocenters. The van der Waals surface area contributed by atoms with Crippen molar-refractivity contribution in [3.05, 3.63) is 61.1 Å². The molecule has 0 saturated heterocycles. The van der Waals surface area contributed by atoms with Crippen LogP contribution in [-0.4, -0.2) is 25.0 Å². The van der Waals surface area contributed by atoms with Crippen LogP contribution in [0.3, 0.4) is 0 Å². The summed E-state index contributed by atoms with van der Waals surface area (Å²) in [5.41, 5.74) is 3.84. The first-order valence-corrected chi connectivity index (χ1v) is 7.56. The van der Waals surface area contributed by atoms with Gasteiger partial charge in [-0.2, -0.15) is 10.2 Å². The van der Waals surface area contributed by atoms with Gasteiger partial charge in [-0.3, -0.25) is 9.67 Å². The summed E-state index contributed by atoms with van der Waals surface area (Å²) in [6.07, 6.45) is 5.36. The molecule has 0 aliphatic carbocycles. The van der Waals surface area contributed by atoms with E-state index in [2.05, 4.69) is 40.3 Å². The van der Waals surface area contributed by atoms with E-state index in [1.807, 2.05) is 41.3 Å². The van der Waals surface area contributed by atoms with Crippen LogP contribution in [0.2, 0.25) is 0 Å². The number of aromatic nitrogens is 5. The lowest BCUT2D eigenvalue weighted by molar-refractivity contribution is 0.667. The summed E-state index contributed by atoms with van der Waals surface area (Å²) in [6.45, 7) is 2.85. The molecule has 0 fully saturated rings. The van der Waals surface area contributed by atoms with E-state index in [0.717, 1.165) is 40.0 Å². The summed E-state index contributed by atoms with van der Waals surface area (Å²) < 4.78 is 1.96. The van der Waals surface area contributed by atoms with E-state index in [4.69, 9.17) is 5.10 Å². The number of hydrogen-bond donors (Lipinski definition) is 0. The van der Waals surface area contributed by atoms with Gasteiger partial charge in [-0.1, -0.05) is 18.2 Å². The smallest absolute Gasteiger partial charge is 0.111 e. The van der Waals surface area contributed by atoms with Crippen LogP contribution < -0.4 is 0 Å². The number of aryl methyl sites for hydroxylation is 1. The number of benzene rings is 1. The topological polar surface area (TPSA) is 56.5 Å². The summed E-state index contributed by atoms with van der Waals surface area (Å²) in [4.78, 5) is 4.19. The quantitative estimate of drug-likeness (QED) is 0.580. The highest BCUT2D eigenvalue weighted by Gasteiger charge is 2.13. The van der Waals surface area contributed by atoms with Crippen LogP contribution in [0.4, 0.5) is 0 Å². The van der Waals surface area contributed by atoms with Crippen LogP contribution in [0.15, 0.2) is 61.1 Å². The molecule has 0 radical (unpaired) electrons. The Morgan fingerprint density at radius 3 is 2.78 bits per heavy atom. The summed E-state index contributed by atoms with van der Waals surface area (Å²) in [7, 11) is 0. The van der Waals surface area contributed by atoms with Gasteiger partial charge in [0.1, 0.15) is 5.69 Å². The van der Waals surface area contributed by atoms with Gasteiger partial charge in [-0.15, -0.1) is 5.10 Å². The Labute approximate surface area is 133 Å². The Morgan fingerprint density at radius 2 is 1.96 bits per heavy atom. The Hall–Kier alpha value is -3.08. The maximum absolute atomic E-state index is 4.75. The fraction of sp³-hybridized carbons (Fsp3) is 0.111. The summed E-state index contributed by atoms with van der Waals surface area (Å²) >= 11 is 0. The van der Waals surface area contributed by atoms with Crippen LogP contribution >= 0.6 is 0 Å². The van der Waals surface area contributed by atoms with Crippen molar-refractivity contribution in [1.29, 1.82) is 0 Å². The predicted octanol–water partition coefficient (Wildman–Crippen LogP) is 3.58. The molecule has 112 valence electrons. The van der Waals surface area contributed by atoms with Gasteiger partial charge >= 0.3 is 0 Å². The SMILES string of the molecule is CCn1nc(-c2cccc3cnccc23)cc1-c1cccnn1. The van der Waals surface area contributed by atoms with Crippen molar-refractivity contribution >= 4 is 10.8 Å². The average molecular weight is 301 g/mol. The molecule has 0 spiro atoms. The maximum Gasteiger partial charge on any atom is 0.111 e. The molecule has 4 aromatic rings. The molecule has 0 unspecified atom stereocenters. The predicted molar refractivity (Wildman–Crippen MR) is 89.7 cm³/mol. The number of pyridine rings is 1. The monoisotopic (exact) mass is 301 g/mol. The molecule has 3 heterocycles. The molecule has 23 heavy (non-hydrogen) atoms. The molecule has 0 N–H and O–H groups in total. The number of fused-ring (bicyclic) bond motifs is 1. The summed E-state index contributed by atoms with van der Waals surface area (Å²) in [5, 5.41) is 15.2. The second-order valence-electron chi connectivity index (χ2n) is 5.24. The third-order valence-corrected chi connectivity index (χ3v) is 3.87. The largest absolute Gasteiger partial charge is 0.264 e. The van der Waals surface area contributed by atoms with E-state index in [1.54, 1.807) is 6.20 Å². The van der Waals surface area contributed by atoms with Crippen molar-refractivity contribution in [1.82, 2.24) is 25.0 Å². The lowest BCUT2D eigenvalue weighted by atomic mass is 10.0. The van der Waals surface area contributed by atoms with Crippen LogP contribution in [0.1, 0.15) is 6.92 Å². The van der Waals surface area contributed by atoms with E-state index < -0.39 is 0 Å². The Bertz CT molecular complexity index is 954. The highest BCUT2D eigenvalue weighted by Crippen LogP contribution is 2.30. The van der Waals surface area contributed by atoms with Crippen molar-refractivity contribution in [2.75, 3.05) is 0 Å². The van der Waals surface area contributed by atoms with Crippen LogP contribution in [0.5, 0.6) is 0 Å². The van der Waals surface area contributed by atoms with Gasteiger partial charge < -0.3 is 0 Å². The third-order valence-electron chi connectivity index (χ3n) is 3.87. The molecule has 5 heteroatoms. The molecule has 0 amide bonds. The molecule has 5 nitrogen and oxygen atoms in total. The zero-order valence-electron chi connectivity index (χ0n) is 12.7. The first-order valence-electron chi connectivity index (χ1n) is 7.56. The molecule has 1 aromatic carbocycles. The fourth-order valence-electron chi connectivity index (χ4n) is 2.78. The average Bonchev–Trinajstić information content (AvgIpc) is 3.06. The third kappa shape index (κ3) is 2.36. The highest BCUT2D eigenvalue weighted by atomic mass is 15.3. The van der Waals surface area contributed by atoms with Crippen molar-refractivity contribution < 1.29 is 0 Å². The zero-order chi connectivity index (χ0) is 15.6. The minimum Gasteiger partial charge on any atom is -0.264 e. The Balaban J connectivity index is 1.91. The molecule has 0 aliphatic rings. The number of rotatable bonds is 3. The van der Waals surface area contributed by atoms with E-state index in [9.17, 15) is 0 Å². The standard InChI is InChI=1S/C18H15N5/c1-2-23-18(16-7-4-9-20-21-16)11-17(22-23)15-6-3-5-13-12-19-10-8-14(13)15/h3-12H,2H2,1H3. The van der Waals surface area contributed by atoms with Crippen molar-refractivity contribution in [2.24, 2.45) is 0 Å². The zero-order valence-corrected chi connectivity index (χ0v) is 12.7. The van der Waals surface area contributed by atoms with E-state index >= 15 is 0 Å². The van der Waals surface area contributed by atoms with E-state index in [1.165, 1.54) is 0 Å². The molecular formula is C18H15N5. The second kappa shape index (κ2) is 5.61. The van der Waals surface area contributed by atoms with E-state index in [0.29, 0.717) is 0 Å². The number of nitrogens with zero attached hydrogens (tertiary/aromatic N) is 5. The van der Waals surface area contributed by atoms with Gasteiger partial charge in [-0.05, 0) is 36.6 Å². The van der Waals surface area contributed by atoms with Gasteiger partial charge in [0.05, 0.1) is 11.4 Å². The van der Waals surface area contributed by atoms with Gasteiger partial charge in [0.25, 0.3) is 0 Å². The van der Waals surface area contributed by atoms with Crippen molar-refractivity contribution in [2.45, 2.75) is 13.5 Å². The normalized spacial score (nSPS) is 11.0. The lowest BCUT2D eigenvalue weighted by Crippen LogP contribution is -2.00. The molecule has 3 aromatic heterocycles. The Kier molecular flexibility index (Phi) is 3.31. The lowest BCUT2D eigenvalue weighted by Gasteiger charge is -2.03. The maximum atomic E-state index is 4.75. The molecular weight excluding hydrogens is 286 g/mol. The van der Waals surface area contributed by atoms with Crippen molar-refractivity contribution in [3.63, 3.8) is 0 Å². The summed E-state index contributed by atoms with van der Waals surface area (Å²) in [5.74, 6) is 0. The Morgan fingerprint density at radius 1 is 1.00 bits per heavy atom. The van der Waals surface area contributed by atoms with E-state index in [-0.39, 0.29) is 0 Å². The van der Waals surface area contributed by atoms with Crippen LogP contribution in [0.25, 0.3) is 33.4 Å². The van der Waals surface area contributed by atoms with Crippen molar-refractivity contribution in [3.8, 4) is 22.6 Å². The van der Waals surface area contributed by atoms with Crippen LogP contribution in [-0.2, 0) is 6.54 Å². The van der Waals surface area contributed by atoms with Gasteiger partial charge in [0, 0.05) is 36.1 Å². The molecule has 0 bridgehead atoms. The molecule has 4 rings (SSSR count). The minimum atomic E-state index is 0.776. The number of hydrogen-bond acceptors (Lipinski definition) is 4.